The molecule has 0 aliphatic carbocycles. The van der Waals surface area contributed by atoms with Gasteiger partial charge in [-0.05, 0) is 0 Å². The minimum atomic E-state index is 0. The molecule has 7 nitrogen and oxygen atoms in total. The summed E-state index contributed by atoms with van der Waals surface area (Å²) in [7, 11) is 0. The Morgan fingerprint density at radius 1 is 0.250 bits per heavy atom. The van der Waals surface area contributed by atoms with Gasteiger partial charge in [0.05, 0.1) is 0 Å². The van der Waals surface area contributed by atoms with Crippen LogP contribution in [0, 0.1) is 39.9 Å². The van der Waals surface area contributed by atoms with Crippen molar-refractivity contribution in [1.29, 1.82) is 0 Å². The third-order valence-corrected chi connectivity index (χ3v) is 0. The Morgan fingerprint density at radius 2 is 0.250 bits per heavy atom. The summed E-state index contributed by atoms with van der Waals surface area (Å²) in [5.74, 6) is 0. The van der Waals surface area contributed by atoms with Crippen molar-refractivity contribution in [3.05, 3.63) is 0 Å². The normalized spacial score (nSPS) is 0. The Labute approximate surface area is 77.9 Å². The summed E-state index contributed by atoms with van der Waals surface area (Å²) < 4.78 is 0. The number of hydrogen-bond donors (Lipinski definition) is 0. The van der Waals surface area contributed by atoms with Crippen LogP contribution in [0.15, 0.2) is 0 Å². The van der Waals surface area contributed by atoms with E-state index in [-0.39, 0.29) is 78.3 Å². The summed E-state index contributed by atoms with van der Waals surface area (Å²) in [4.78, 5) is 0. The molecule has 0 aromatic rings. The Kier molecular flexibility index (Phi) is 24500. The van der Waals surface area contributed by atoms with Gasteiger partial charge in [0.1, 0.15) is 0 Å². The zero-order valence-electron chi connectivity index (χ0n) is 3.85. The van der Waals surface area contributed by atoms with Gasteiger partial charge in [0.2, 0.25) is 0 Å². The van der Waals surface area contributed by atoms with Crippen molar-refractivity contribution >= 4 is 0 Å². The van der Waals surface area contributed by atoms with Crippen LogP contribution in [0.1, 0.15) is 0 Å². The first kappa shape index (κ1) is 536. The molecule has 8 heavy (non-hydrogen) atoms. The third kappa shape index (κ3) is 236. The van der Waals surface area contributed by atoms with E-state index in [1.54, 1.807) is 0 Å². The van der Waals surface area contributed by atoms with E-state index in [4.69, 9.17) is 0 Å². The second kappa shape index (κ2) is 366. The molecule has 8 heteroatoms. The van der Waals surface area contributed by atoms with Gasteiger partial charge in [0.25, 0.3) is 0 Å². The van der Waals surface area contributed by atoms with Crippen molar-refractivity contribution in [2.75, 3.05) is 0 Å². The van der Waals surface area contributed by atoms with Crippen molar-refractivity contribution in [3.8, 4) is 0 Å². The standard InChI is InChI=1S/Gd.7H2O/h;7*1H2. The minimum absolute atomic E-state index is 0. The first-order valence-electron chi connectivity index (χ1n) is 0. The fraction of sp³-hybridized carbons (Fsp3) is 0. The molecule has 14 N–H and O–H groups in total. The van der Waals surface area contributed by atoms with E-state index in [2.05, 4.69) is 0 Å². The van der Waals surface area contributed by atoms with Gasteiger partial charge in [-0.25, -0.2) is 0 Å². The Bertz CT molecular complexity index is 4.35. The molecule has 0 radical (unpaired) electrons. The largest absolute Gasteiger partial charge is 0.412 e. The van der Waals surface area contributed by atoms with E-state index in [1.807, 2.05) is 0 Å². The van der Waals surface area contributed by atoms with E-state index < -0.39 is 0 Å². The van der Waals surface area contributed by atoms with E-state index in [9.17, 15) is 0 Å². The van der Waals surface area contributed by atoms with Crippen LogP contribution in [-0.4, -0.2) is 38.3 Å². The molecule has 0 aromatic heterocycles. The van der Waals surface area contributed by atoms with E-state index in [1.165, 1.54) is 0 Å². The van der Waals surface area contributed by atoms with Crippen molar-refractivity contribution in [3.63, 3.8) is 0 Å². The van der Waals surface area contributed by atoms with Crippen LogP contribution in [0.3, 0.4) is 0 Å². The van der Waals surface area contributed by atoms with Crippen LogP contribution in [0.25, 0.3) is 0 Å². The zero-order chi connectivity index (χ0) is 0. The van der Waals surface area contributed by atoms with Gasteiger partial charge < -0.3 is 38.3 Å². The molecule has 0 saturated carbocycles. The molecule has 0 rings (SSSR count). The van der Waals surface area contributed by atoms with E-state index in [0.29, 0.717) is 0 Å². The van der Waals surface area contributed by atoms with Gasteiger partial charge in [-0.2, -0.15) is 0 Å². The molecule has 0 bridgehead atoms. The molecule has 0 aliphatic heterocycles. The summed E-state index contributed by atoms with van der Waals surface area (Å²) in [5.41, 5.74) is 0. The molecule has 0 atom stereocenters. The quantitative estimate of drug-likeness (QED) is 0.405. The predicted molar refractivity (Wildman–Crippen MR) is 25.3 cm³/mol. The molecular formula is H14GdO7. The predicted octanol–water partition coefficient (Wildman–Crippen LogP) is -5.77. The Morgan fingerprint density at radius 3 is 0.250 bits per heavy atom. The summed E-state index contributed by atoms with van der Waals surface area (Å²) in [6.45, 7) is 0. The van der Waals surface area contributed by atoms with Gasteiger partial charge in [0, 0.05) is 39.9 Å². The van der Waals surface area contributed by atoms with Crippen molar-refractivity contribution < 1.29 is 78.3 Å². The maximum absolute atomic E-state index is 0. The Hall–Kier alpha value is 1.04. The maximum Gasteiger partial charge on any atom is 0 e. The SMILES string of the molecule is O.O.O.O.O.O.O.[Gd]. The molecule has 0 fully saturated rings. The first-order chi connectivity index (χ1) is 0. The molecule has 0 aliphatic rings. The molecule has 0 heterocycles. The molecule has 0 spiro atoms. The summed E-state index contributed by atoms with van der Waals surface area (Å²) in [6, 6.07) is 0. The topological polar surface area (TPSA) is 220 Å². The van der Waals surface area contributed by atoms with Crippen LogP contribution < -0.4 is 0 Å². The molecular weight excluding hydrogens is 269 g/mol. The van der Waals surface area contributed by atoms with Gasteiger partial charge in [0.15, 0.2) is 0 Å². The second-order valence-electron chi connectivity index (χ2n) is 0. The van der Waals surface area contributed by atoms with Crippen molar-refractivity contribution in [2.24, 2.45) is 0 Å². The average molecular weight is 283 g/mol. The fourth-order valence-corrected chi connectivity index (χ4v) is 0. The molecule has 0 saturated heterocycles. The van der Waals surface area contributed by atoms with Gasteiger partial charge >= 0.3 is 0 Å². The van der Waals surface area contributed by atoms with E-state index in [0.717, 1.165) is 0 Å². The van der Waals surface area contributed by atoms with Crippen LogP contribution in [-0.2, 0) is 0 Å². The molecule has 0 aromatic carbocycles. The Balaban J connectivity index is 0. The van der Waals surface area contributed by atoms with Gasteiger partial charge in [-0.15, -0.1) is 0 Å². The van der Waals surface area contributed by atoms with E-state index >= 15 is 0 Å². The number of rotatable bonds is 0. The maximum atomic E-state index is 0. The van der Waals surface area contributed by atoms with Gasteiger partial charge in [-0.3, -0.25) is 0 Å². The van der Waals surface area contributed by atoms with Gasteiger partial charge in [-0.1, -0.05) is 0 Å². The molecule has 0 unspecified atom stereocenters. The summed E-state index contributed by atoms with van der Waals surface area (Å²) in [6.07, 6.45) is 0. The number of hydrogen-bond acceptors (Lipinski definition) is 0. The second-order valence-corrected chi connectivity index (χ2v) is 0. The van der Waals surface area contributed by atoms with Crippen LogP contribution in [0.5, 0.6) is 0 Å². The summed E-state index contributed by atoms with van der Waals surface area (Å²) in [5, 5.41) is 0. The monoisotopic (exact) mass is 284 g/mol. The van der Waals surface area contributed by atoms with Crippen molar-refractivity contribution in [2.45, 2.75) is 0 Å². The fourth-order valence-electron chi connectivity index (χ4n) is 0. The first-order valence-corrected chi connectivity index (χ1v) is 0. The smallest absolute Gasteiger partial charge is 0 e. The van der Waals surface area contributed by atoms with Crippen LogP contribution in [0.4, 0.5) is 0 Å². The van der Waals surface area contributed by atoms with Crippen LogP contribution >= 0.6 is 0 Å². The zero-order valence-corrected chi connectivity index (χ0v) is 6.12. The molecule has 64 valence electrons. The molecule has 0 amide bonds. The van der Waals surface area contributed by atoms with Crippen LogP contribution in [0.2, 0.25) is 0 Å². The van der Waals surface area contributed by atoms with Crippen molar-refractivity contribution in [1.82, 2.24) is 0 Å². The minimum Gasteiger partial charge on any atom is -0.412 e. The summed E-state index contributed by atoms with van der Waals surface area (Å²) >= 11 is 0. The third-order valence-electron chi connectivity index (χ3n) is 0. The average Bonchev–Trinajstić information content (AvgIpc) is 0.